The van der Waals surface area contributed by atoms with Crippen molar-refractivity contribution in [1.82, 2.24) is 15.2 Å². The summed E-state index contributed by atoms with van der Waals surface area (Å²) in [7, 11) is 1.44. The maximum absolute atomic E-state index is 12.9. The Morgan fingerprint density at radius 3 is 2.75 bits per heavy atom. The monoisotopic (exact) mass is 543 g/mol. The van der Waals surface area contributed by atoms with E-state index in [1.165, 1.54) is 23.8 Å². The fourth-order valence-electron chi connectivity index (χ4n) is 3.69. The van der Waals surface area contributed by atoms with Crippen molar-refractivity contribution in [1.29, 1.82) is 0 Å². The zero-order chi connectivity index (χ0) is 26.3. The van der Waals surface area contributed by atoms with Crippen LogP contribution in [0, 0.1) is 5.41 Å². The molecule has 0 saturated carbocycles. The number of thiazole rings is 1. The van der Waals surface area contributed by atoms with Crippen LogP contribution in [0.4, 0.5) is 5.13 Å². The van der Waals surface area contributed by atoms with E-state index in [1.807, 2.05) is 6.92 Å². The van der Waals surface area contributed by atoms with Crippen LogP contribution >= 0.6 is 23.1 Å². The summed E-state index contributed by atoms with van der Waals surface area (Å²) in [6.07, 6.45) is 0.838. The lowest BCUT2D eigenvalue weighted by atomic mass is 9.88. The van der Waals surface area contributed by atoms with Crippen LogP contribution in [0.25, 0.3) is 0 Å². The molecule has 3 N–H and O–H groups in total. The Balaban J connectivity index is 1.63. The van der Waals surface area contributed by atoms with Gasteiger partial charge in [0.1, 0.15) is 29.1 Å². The molecule has 3 heterocycles. The number of aromatic nitrogens is 1. The number of nitrogens with zero attached hydrogens (tertiary/aromatic N) is 3. The fourth-order valence-corrected chi connectivity index (χ4v) is 5.76. The highest BCUT2D eigenvalue weighted by Gasteiger charge is 2.58. The highest BCUT2D eigenvalue weighted by Crippen LogP contribution is 2.43. The summed E-state index contributed by atoms with van der Waals surface area (Å²) in [5.74, 6) is -1.82. The molecular weight excluding hydrogens is 514 g/mol. The third-order valence-electron chi connectivity index (χ3n) is 5.41. The summed E-state index contributed by atoms with van der Waals surface area (Å²) in [5.41, 5.74) is 4.68. The fraction of sp³-hybridized carbons (Fsp3) is 0.619. The molecule has 13 nitrogen and oxygen atoms in total. The van der Waals surface area contributed by atoms with E-state index >= 15 is 0 Å². The average Bonchev–Trinajstić information content (AvgIpc) is 3.28. The first-order valence-electron chi connectivity index (χ1n) is 11.2. The van der Waals surface area contributed by atoms with E-state index in [4.69, 9.17) is 24.8 Å². The van der Waals surface area contributed by atoms with Crippen LogP contribution in [-0.2, 0) is 38.2 Å². The number of anilines is 1. The van der Waals surface area contributed by atoms with E-state index in [1.54, 1.807) is 12.3 Å². The van der Waals surface area contributed by atoms with Crippen LogP contribution in [0.5, 0.6) is 0 Å². The Morgan fingerprint density at radius 1 is 1.33 bits per heavy atom. The number of hydrogen-bond donors (Lipinski definition) is 2. The maximum Gasteiger partial charge on any atom is 0.319 e. The van der Waals surface area contributed by atoms with Gasteiger partial charge in [0.2, 0.25) is 12.7 Å². The zero-order valence-corrected chi connectivity index (χ0v) is 21.8. The van der Waals surface area contributed by atoms with Crippen molar-refractivity contribution in [3.8, 4) is 0 Å². The molecule has 36 heavy (non-hydrogen) atoms. The van der Waals surface area contributed by atoms with E-state index in [0.717, 1.165) is 11.3 Å². The van der Waals surface area contributed by atoms with Crippen LogP contribution in [0.2, 0.25) is 0 Å². The molecule has 198 valence electrons. The number of esters is 2. The molecule has 2 amide bonds. The smallest absolute Gasteiger partial charge is 0.319 e. The highest BCUT2D eigenvalue weighted by atomic mass is 32.2. The van der Waals surface area contributed by atoms with Crippen LogP contribution in [0.15, 0.2) is 10.5 Å². The first-order chi connectivity index (χ1) is 17.3. The number of carbonyl (C=O) groups is 4. The van der Waals surface area contributed by atoms with Crippen molar-refractivity contribution >= 4 is 57.7 Å². The quantitative estimate of drug-likeness (QED) is 0.122. The molecule has 0 spiro atoms. The Hall–Kier alpha value is -2.91. The molecule has 0 radical (unpaired) electrons. The third kappa shape index (κ3) is 6.07. The Morgan fingerprint density at radius 2 is 2.11 bits per heavy atom. The third-order valence-corrected chi connectivity index (χ3v) is 7.68. The van der Waals surface area contributed by atoms with E-state index < -0.39 is 41.5 Å². The van der Waals surface area contributed by atoms with Crippen LogP contribution in [-0.4, -0.2) is 90.2 Å². The summed E-state index contributed by atoms with van der Waals surface area (Å²) in [6, 6.07) is -0.822. The van der Waals surface area contributed by atoms with E-state index in [2.05, 4.69) is 15.5 Å². The number of methoxy groups -OCH3 is 1. The van der Waals surface area contributed by atoms with Crippen molar-refractivity contribution < 1.29 is 38.2 Å². The Bertz CT molecular complexity index is 1020. The molecule has 0 aliphatic carbocycles. The molecule has 1 aromatic rings. The first kappa shape index (κ1) is 27.7. The van der Waals surface area contributed by atoms with Gasteiger partial charge < -0.3 is 35.0 Å². The van der Waals surface area contributed by atoms with Gasteiger partial charge in [0.25, 0.3) is 5.91 Å². The number of rotatable bonds is 12. The summed E-state index contributed by atoms with van der Waals surface area (Å²) >= 11 is 2.46. The number of amides is 2. The standard InChI is InChI=1S/C21H29N5O8S2/c1-4-6-13(27)32-11-33-19(30)21(9-31-3)8-26-17(29)15(18(26)36-10-21)24-16(28)14(25-34-5-2)12-7-35-20(22)23-12/h7,15,18H,4-6,8-11H2,1-3H3,(H2,22,23)(H,24,28)/t15?,18-,21?/m1/s1. The van der Waals surface area contributed by atoms with Crippen molar-refractivity contribution in [2.45, 2.75) is 38.1 Å². The molecule has 2 aliphatic heterocycles. The number of ether oxygens (including phenoxy) is 3. The molecule has 2 fully saturated rings. The van der Waals surface area contributed by atoms with Crippen LogP contribution < -0.4 is 11.1 Å². The van der Waals surface area contributed by atoms with Crippen LogP contribution in [0.1, 0.15) is 32.4 Å². The number of nitrogen functional groups attached to an aromatic ring is 1. The summed E-state index contributed by atoms with van der Waals surface area (Å²) < 4.78 is 15.3. The maximum atomic E-state index is 12.9. The number of nitrogens with two attached hydrogens (primary N) is 1. The number of nitrogens with one attached hydrogen (secondary N) is 1. The van der Waals surface area contributed by atoms with Gasteiger partial charge in [-0.25, -0.2) is 4.98 Å². The number of carbonyl (C=O) groups excluding carboxylic acids is 4. The summed E-state index contributed by atoms with van der Waals surface area (Å²) in [4.78, 5) is 60.9. The van der Waals surface area contributed by atoms with Gasteiger partial charge in [-0.05, 0) is 13.3 Å². The SMILES string of the molecule is CCCC(=O)OCOC(=O)C1(COC)CS[C@@H]2C(NC(=O)C(=NOCC)c3csc(N)n3)C(=O)N2C1. The molecule has 1 aromatic heterocycles. The number of fused-ring (bicyclic) bond motifs is 1. The Labute approximate surface area is 216 Å². The lowest BCUT2D eigenvalue weighted by Crippen LogP contribution is -2.74. The second-order valence-electron chi connectivity index (χ2n) is 8.08. The second-order valence-corrected chi connectivity index (χ2v) is 10.1. The zero-order valence-electron chi connectivity index (χ0n) is 20.2. The van der Waals surface area contributed by atoms with Crippen molar-refractivity contribution in [3.05, 3.63) is 11.1 Å². The van der Waals surface area contributed by atoms with Crippen molar-refractivity contribution in [3.63, 3.8) is 0 Å². The molecule has 3 atom stereocenters. The first-order valence-corrected chi connectivity index (χ1v) is 13.1. The molecular formula is C21H29N5O8S2. The minimum absolute atomic E-state index is 0.00563. The minimum atomic E-state index is -1.14. The van der Waals surface area contributed by atoms with Gasteiger partial charge >= 0.3 is 11.9 Å². The molecule has 0 aromatic carbocycles. The average molecular weight is 544 g/mol. The number of thioether (sulfide) groups is 1. The Kier molecular flexibility index (Phi) is 9.50. The largest absolute Gasteiger partial charge is 0.428 e. The van der Waals surface area contributed by atoms with Gasteiger partial charge in [0.05, 0.1) is 6.61 Å². The van der Waals surface area contributed by atoms with Gasteiger partial charge in [-0.3, -0.25) is 19.2 Å². The molecule has 2 unspecified atom stereocenters. The molecule has 2 aliphatic rings. The van der Waals surface area contributed by atoms with E-state index in [9.17, 15) is 19.2 Å². The van der Waals surface area contributed by atoms with Gasteiger partial charge in [-0.2, -0.15) is 0 Å². The summed E-state index contributed by atoms with van der Waals surface area (Å²) in [5, 5.41) is 7.96. The molecule has 2 saturated heterocycles. The van der Waals surface area contributed by atoms with Crippen molar-refractivity contribution in [2.75, 3.05) is 45.1 Å². The predicted octanol–water partition coefficient (Wildman–Crippen LogP) is 0.343. The number of oxime groups is 1. The lowest BCUT2D eigenvalue weighted by Gasteiger charge is -2.53. The van der Waals surface area contributed by atoms with E-state index in [-0.39, 0.29) is 54.4 Å². The minimum Gasteiger partial charge on any atom is -0.428 e. The lowest BCUT2D eigenvalue weighted by molar-refractivity contribution is -0.179. The number of β-lactam (4-membered cyclic amide) rings is 1. The highest BCUT2D eigenvalue weighted by molar-refractivity contribution is 8.00. The van der Waals surface area contributed by atoms with Gasteiger partial charge in [-0.1, -0.05) is 12.1 Å². The van der Waals surface area contributed by atoms with Crippen LogP contribution in [0.3, 0.4) is 0 Å². The molecule has 0 bridgehead atoms. The molecule has 3 rings (SSSR count). The van der Waals surface area contributed by atoms with Gasteiger partial charge in [0, 0.05) is 31.2 Å². The van der Waals surface area contributed by atoms with E-state index in [0.29, 0.717) is 6.42 Å². The predicted molar refractivity (Wildman–Crippen MR) is 131 cm³/mol. The summed E-state index contributed by atoms with van der Waals surface area (Å²) in [6.45, 7) is 3.32. The van der Waals surface area contributed by atoms with Crippen molar-refractivity contribution in [2.24, 2.45) is 10.6 Å². The van der Waals surface area contributed by atoms with Gasteiger partial charge in [-0.15, -0.1) is 23.1 Å². The van der Waals surface area contributed by atoms with Gasteiger partial charge in [0.15, 0.2) is 10.8 Å². The molecule has 15 heteroatoms. The second kappa shape index (κ2) is 12.4. The number of hydrogen-bond acceptors (Lipinski definition) is 13. The topological polar surface area (TPSA) is 172 Å². The normalized spacial score (nSPS) is 23.4.